The third-order valence-electron chi connectivity index (χ3n) is 2.72. The van der Waals surface area contributed by atoms with Crippen molar-refractivity contribution in [2.24, 2.45) is 0 Å². The molecule has 2 atom stereocenters. The maximum Gasteiger partial charge on any atom is 0.0606 e. The maximum absolute atomic E-state index is 9.93. The fraction of sp³-hybridized carbons (Fsp3) is 0.429. The Morgan fingerprint density at radius 3 is 2.60 bits per heavy atom. The van der Waals surface area contributed by atoms with Gasteiger partial charge in [-0.25, -0.2) is 0 Å². The molecule has 0 heterocycles. The van der Waals surface area contributed by atoms with Crippen LogP contribution in [0, 0.1) is 12.3 Å². The van der Waals surface area contributed by atoms with Crippen LogP contribution in [0.3, 0.4) is 0 Å². The van der Waals surface area contributed by atoms with Crippen LogP contribution in [0.4, 0.5) is 0 Å². The van der Waals surface area contributed by atoms with Gasteiger partial charge in [-0.3, -0.25) is 0 Å². The zero-order valence-corrected chi connectivity index (χ0v) is 9.19. The number of aliphatic hydroxyl groups excluding tert-OH is 1. The number of benzene rings is 1. The summed E-state index contributed by atoms with van der Waals surface area (Å²) >= 11 is 0. The van der Waals surface area contributed by atoms with E-state index in [1.54, 1.807) is 0 Å². The molecule has 0 aliphatic heterocycles. The molecule has 1 rings (SSSR count). The molecule has 0 fully saturated rings. The average Bonchev–Trinajstić information content (AvgIpc) is 2.29. The van der Waals surface area contributed by atoms with E-state index in [-0.39, 0.29) is 12.0 Å². The van der Waals surface area contributed by atoms with Crippen LogP contribution in [0.1, 0.15) is 37.7 Å². The van der Waals surface area contributed by atoms with Crippen LogP contribution in [0.5, 0.6) is 0 Å². The van der Waals surface area contributed by atoms with Crippen molar-refractivity contribution >= 4 is 0 Å². The lowest BCUT2D eigenvalue weighted by molar-refractivity contribution is 0.137. The summed E-state index contributed by atoms with van der Waals surface area (Å²) in [5.41, 5.74) is 1.19. The third kappa shape index (κ3) is 3.77. The molecule has 15 heavy (non-hydrogen) atoms. The Morgan fingerprint density at radius 1 is 1.33 bits per heavy atom. The number of unbranched alkanes of at least 4 members (excludes halogenated alkanes) is 1. The lowest BCUT2D eigenvalue weighted by Crippen LogP contribution is -2.15. The summed E-state index contributed by atoms with van der Waals surface area (Å²) in [6.07, 6.45) is 7.30. The van der Waals surface area contributed by atoms with Gasteiger partial charge in [-0.05, 0) is 18.4 Å². The van der Waals surface area contributed by atoms with Gasteiger partial charge in [0.15, 0.2) is 0 Å². The van der Waals surface area contributed by atoms with Crippen molar-refractivity contribution in [3.63, 3.8) is 0 Å². The van der Waals surface area contributed by atoms with Crippen molar-refractivity contribution in [1.29, 1.82) is 0 Å². The van der Waals surface area contributed by atoms with Crippen LogP contribution in [-0.4, -0.2) is 11.2 Å². The number of hydrogen-bond acceptors (Lipinski definition) is 1. The van der Waals surface area contributed by atoms with Crippen LogP contribution in [0.25, 0.3) is 0 Å². The highest BCUT2D eigenvalue weighted by molar-refractivity contribution is 5.19. The second-order valence-electron chi connectivity index (χ2n) is 3.86. The van der Waals surface area contributed by atoms with Gasteiger partial charge in [0.25, 0.3) is 0 Å². The molecule has 1 nitrogen and oxygen atoms in total. The Labute approximate surface area is 92.1 Å². The van der Waals surface area contributed by atoms with Gasteiger partial charge in [0.2, 0.25) is 0 Å². The topological polar surface area (TPSA) is 20.2 Å². The van der Waals surface area contributed by atoms with Gasteiger partial charge < -0.3 is 5.11 Å². The molecule has 1 heteroatoms. The molecule has 0 aliphatic carbocycles. The van der Waals surface area contributed by atoms with Crippen LogP contribution in [0.2, 0.25) is 0 Å². The number of hydrogen-bond donors (Lipinski definition) is 1. The summed E-state index contributed by atoms with van der Waals surface area (Å²) in [6.45, 7) is 2.05. The first-order valence-electron chi connectivity index (χ1n) is 5.42. The molecule has 0 saturated heterocycles. The number of rotatable bonds is 5. The molecule has 1 aromatic rings. The fourth-order valence-electron chi connectivity index (χ4n) is 1.64. The average molecular weight is 202 g/mol. The Kier molecular flexibility index (Phi) is 4.93. The molecule has 0 saturated carbocycles. The Bertz CT molecular complexity index is 310. The minimum Gasteiger partial charge on any atom is -0.393 e. The molecule has 0 aliphatic rings. The molecule has 1 aromatic carbocycles. The summed E-state index contributed by atoms with van der Waals surface area (Å²) in [5.74, 6) is 2.77. The molecule has 0 amide bonds. The quantitative estimate of drug-likeness (QED) is 0.575. The highest BCUT2D eigenvalue weighted by atomic mass is 16.3. The lowest BCUT2D eigenvalue weighted by Gasteiger charge is -2.18. The van der Waals surface area contributed by atoms with Gasteiger partial charge in [0, 0.05) is 12.3 Å². The SMILES string of the molecule is C#CCCCC(O)C(C)c1ccccc1. The Balaban J connectivity index is 2.46. The van der Waals surface area contributed by atoms with Gasteiger partial charge in [-0.15, -0.1) is 12.3 Å². The maximum atomic E-state index is 9.93. The molecule has 0 radical (unpaired) electrons. The van der Waals surface area contributed by atoms with Crippen molar-refractivity contribution in [2.75, 3.05) is 0 Å². The normalized spacial score (nSPS) is 14.2. The van der Waals surface area contributed by atoms with Gasteiger partial charge in [-0.2, -0.15) is 0 Å². The Morgan fingerprint density at radius 2 is 2.00 bits per heavy atom. The zero-order valence-electron chi connectivity index (χ0n) is 9.19. The molecule has 2 unspecified atom stereocenters. The first-order valence-corrected chi connectivity index (χ1v) is 5.42. The van der Waals surface area contributed by atoms with Gasteiger partial charge in [0.1, 0.15) is 0 Å². The van der Waals surface area contributed by atoms with Crippen molar-refractivity contribution in [1.82, 2.24) is 0 Å². The van der Waals surface area contributed by atoms with Crippen molar-refractivity contribution in [3.8, 4) is 12.3 Å². The van der Waals surface area contributed by atoms with Crippen LogP contribution >= 0.6 is 0 Å². The summed E-state index contributed by atoms with van der Waals surface area (Å²) in [6, 6.07) is 10.1. The van der Waals surface area contributed by atoms with Gasteiger partial charge in [-0.1, -0.05) is 37.3 Å². The highest BCUT2D eigenvalue weighted by Gasteiger charge is 2.14. The minimum absolute atomic E-state index is 0.184. The van der Waals surface area contributed by atoms with E-state index < -0.39 is 0 Å². The summed E-state index contributed by atoms with van der Waals surface area (Å²) in [7, 11) is 0. The number of terminal acetylenes is 1. The smallest absolute Gasteiger partial charge is 0.0606 e. The molecular weight excluding hydrogens is 184 g/mol. The minimum atomic E-state index is -0.291. The second-order valence-corrected chi connectivity index (χ2v) is 3.86. The summed E-state index contributed by atoms with van der Waals surface area (Å²) in [5, 5.41) is 9.93. The van der Waals surface area contributed by atoms with E-state index in [0.717, 1.165) is 19.3 Å². The third-order valence-corrected chi connectivity index (χ3v) is 2.72. The first kappa shape index (κ1) is 11.8. The van der Waals surface area contributed by atoms with Crippen molar-refractivity contribution < 1.29 is 5.11 Å². The van der Waals surface area contributed by atoms with E-state index in [1.807, 2.05) is 18.2 Å². The van der Waals surface area contributed by atoms with E-state index in [2.05, 4.69) is 25.0 Å². The fourth-order valence-corrected chi connectivity index (χ4v) is 1.64. The monoisotopic (exact) mass is 202 g/mol. The zero-order chi connectivity index (χ0) is 11.1. The van der Waals surface area contributed by atoms with E-state index in [4.69, 9.17) is 6.42 Å². The largest absolute Gasteiger partial charge is 0.393 e. The molecule has 0 aromatic heterocycles. The highest BCUT2D eigenvalue weighted by Crippen LogP contribution is 2.21. The van der Waals surface area contributed by atoms with Crippen LogP contribution in [0.15, 0.2) is 30.3 Å². The standard InChI is InChI=1S/C14H18O/c1-3-4-6-11-14(15)12(2)13-9-7-5-8-10-13/h1,5,7-10,12,14-15H,4,6,11H2,2H3. The van der Waals surface area contributed by atoms with Gasteiger partial charge in [0.05, 0.1) is 6.10 Å². The van der Waals surface area contributed by atoms with Crippen molar-refractivity contribution in [3.05, 3.63) is 35.9 Å². The predicted molar refractivity (Wildman–Crippen MR) is 63.5 cm³/mol. The Hall–Kier alpha value is -1.26. The van der Waals surface area contributed by atoms with E-state index in [9.17, 15) is 5.11 Å². The van der Waals surface area contributed by atoms with Crippen molar-refractivity contribution in [2.45, 2.75) is 38.2 Å². The van der Waals surface area contributed by atoms with Crippen LogP contribution < -0.4 is 0 Å². The molecular formula is C14H18O. The molecule has 0 spiro atoms. The van der Waals surface area contributed by atoms with Gasteiger partial charge >= 0.3 is 0 Å². The first-order chi connectivity index (χ1) is 7.25. The summed E-state index contributed by atoms with van der Waals surface area (Å²) < 4.78 is 0. The predicted octanol–water partition coefficient (Wildman–Crippen LogP) is 2.95. The van der Waals surface area contributed by atoms with E-state index in [1.165, 1.54) is 5.56 Å². The lowest BCUT2D eigenvalue weighted by atomic mass is 9.92. The van der Waals surface area contributed by atoms with Crippen LogP contribution in [-0.2, 0) is 0 Å². The number of aliphatic hydroxyl groups is 1. The molecule has 80 valence electrons. The van der Waals surface area contributed by atoms with E-state index >= 15 is 0 Å². The summed E-state index contributed by atoms with van der Waals surface area (Å²) in [4.78, 5) is 0. The second kappa shape index (κ2) is 6.27. The molecule has 1 N–H and O–H groups in total. The molecule has 0 bridgehead atoms. The van der Waals surface area contributed by atoms with E-state index in [0.29, 0.717) is 0 Å².